The van der Waals surface area contributed by atoms with Crippen molar-refractivity contribution in [1.29, 1.82) is 0 Å². The molecule has 0 spiro atoms. The quantitative estimate of drug-likeness (QED) is 0.561. The Morgan fingerprint density at radius 1 is 1.17 bits per heavy atom. The van der Waals surface area contributed by atoms with Gasteiger partial charge in [-0.1, -0.05) is 0 Å². The Morgan fingerprint density at radius 2 is 2.00 bits per heavy atom. The third kappa shape index (κ3) is 3.12. The number of hydrogen-bond acceptors (Lipinski definition) is 6. The molecule has 10 heteroatoms. The molecular weight excluding hydrogens is 394 g/mol. The van der Waals surface area contributed by atoms with E-state index in [1.807, 2.05) is 0 Å². The Kier molecular flexibility index (Phi) is 4.30. The molecule has 156 valence electrons. The number of halogens is 2. The second-order valence-electron chi connectivity index (χ2n) is 8.17. The number of benzene rings is 1. The van der Waals surface area contributed by atoms with E-state index < -0.39 is 29.5 Å². The van der Waals surface area contributed by atoms with Crippen molar-refractivity contribution in [2.75, 3.05) is 10.6 Å². The van der Waals surface area contributed by atoms with E-state index in [-0.39, 0.29) is 47.5 Å². The van der Waals surface area contributed by atoms with E-state index in [0.717, 1.165) is 6.20 Å². The highest BCUT2D eigenvalue weighted by molar-refractivity contribution is 5.81. The molecular formula is C20H20F2N6O2. The van der Waals surface area contributed by atoms with Crippen molar-refractivity contribution in [3.63, 3.8) is 0 Å². The van der Waals surface area contributed by atoms with Crippen LogP contribution in [-0.4, -0.2) is 33.9 Å². The molecule has 0 unspecified atom stereocenters. The summed E-state index contributed by atoms with van der Waals surface area (Å²) in [7, 11) is 0. The molecule has 30 heavy (non-hydrogen) atoms. The first-order valence-electron chi connectivity index (χ1n) is 9.82. The van der Waals surface area contributed by atoms with Gasteiger partial charge in [0.15, 0.2) is 11.6 Å². The minimum absolute atomic E-state index is 0.0224. The van der Waals surface area contributed by atoms with Crippen LogP contribution in [0.15, 0.2) is 24.4 Å². The normalized spacial score (nSPS) is 29.4. The lowest BCUT2D eigenvalue weighted by molar-refractivity contribution is -0.123. The van der Waals surface area contributed by atoms with E-state index >= 15 is 0 Å². The van der Waals surface area contributed by atoms with E-state index in [2.05, 4.69) is 25.9 Å². The first-order valence-corrected chi connectivity index (χ1v) is 9.82. The van der Waals surface area contributed by atoms with Crippen LogP contribution in [0.2, 0.25) is 0 Å². The number of nitrogens with one attached hydrogen (secondary N) is 3. The molecule has 2 aliphatic carbocycles. The molecule has 0 radical (unpaired) electrons. The monoisotopic (exact) mass is 414 g/mol. The van der Waals surface area contributed by atoms with Gasteiger partial charge in [-0.3, -0.25) is 9.59 Å². The van der Waals surface area contributed by atoms with Crippen molar-refractivity contribution >= 4 is 29.3 Å². The summed E-state index contributed by atoms with van der Waals surface area (Å²) < 4.78 is 28.7. The van der Waals surface area contributed by atoms with Gasteiger partial charge in [0, 0.05) is 23.7 Å². The number of aromatic nitrogens is 2. The van der Waals surface area contributed by atoms with Crippen LogP contribution in [0.3, 0.4) is 0 Å². The maximum Gasteiger partial charge on any atom is 0.229 e. The second-order valence-corrected chi connectivity index (χ2v) is 8.17. The number of amides is 2. The Morgan fingerprint density at radius 3 is 2.80 bits per heavy atom. The Hall–Kier alpha value is -3.30. The second kappa shape index (κ2) is 6.89. The SMILES string of the molecule is NC(=O)[C@H]1[C@@H]2C[C@H]3[C@H]1Nc1nc(ncc1F)Nc1ccc(F)c(c1)CC(=O)N[C@@H]3C2. The summed E-state index contributed by atoms with van der Waals surface area (Å²) in [4.78, 5) is 32.8. The molecule has 8 nitrogen and oxygen atoms in total. The number of carbonyl (C=O) groups is 2. The van der Waals surface area contributed by atoms with Gasteiger partial charge in [0.25, 0.3) is 0 Å². The zero-order valence-electron chi connectivity index (χ0n) is 15.9. The molecule has 2 aromatic rings. The summed E-state index contributed by atoms with van der Waals surface area (Å²) in [5.41, 5.74) is 6.33. The fourth-order valence-corrected chi connectivity index (χ4v) is 5.17. The Bertz CT molecular complexity index is 1050. The van der Waals surface area contributed by atoms with Crippen molar-refractivity contribution in [2.24, 2.45) is 23.5 Å². The molecule has 3 aliphatic rings. The van der Waals surface area contributed by atoms with Crippen LogP contribution >= 0.6 is 0 Å². The van der Waals surface area contributed by atoms with E-state index in [1.165, 1.54) is 18.2 Å². The van der Waals surface area contributed by atoms with Crippen LogP contribution in [0, 0.1) is 29.4 Å². The topological polar surface area (TPSA) is 122 Å². The Balaban J connectivity index is 1.58. The highest BCUT2D eigenvalue weighted by Gasteiger charge is 2.55. The summed E-state index contributed by atoms with van der Waals surface area (Å²) in [6, 6.07) is 3.56. The maximum atomic E-state index is 14.5. The first-order chi connectivity index (χ1) is 14.4. The number of anilines is 3. The molecule has 2 amide bonds. The maximum absolute atomic E-state index is 14.5. The van der Waals surface area contributed by atoms with Gasteiger partial charge in [-0.15, -0.1) is 0 Å². The van der Waals surface area contributed by atoms with Gasteiger partial charge in [-0.2, -0.15) is 4.98 Å². The van der Waals surface area contributed by atoms with Crippen LogP contribution in [0.1, 0.15) is 18.4 Å². The summed E-state index contributed by atoms with van der Waals surface area (Å²) in [5, 5.41) is 8.91. The molecule has 5 N–H and O–H groups in total. The average Bonchev–Trinajstić information content (AvgIpc) is 3.24. The van der Waals surface area contributed by atoms with E-state index in [9.17, 15) is 18.4 Å². The molecule has 5 rings (SSSR count). The van der Waals surface area contributed by atoms with Crippen molar-refractivity contribution in [3.8, 4) is 0 Å². The zero-order chi connectivity index (χ0) is 21.0. The number of hydrogen-bond donors (Lipinski definition) is 4. The van der Waals surface area contributed by atoms with Gasteiger partial charge in [-0.25, -0.2) is 13.8 Å². The number of nitrogens with zero attached hydrogens (tertiary/aromatic N) is 2. The average molecular weight is 414 g/mol. The highest BCUT2D eigenvalue weighted by Crippen LogP contribution is 2.49. The molecule has 1 aliphatic heterocycles. The summed E-state index contributed by atoms with van der Waals surface area (Å²) in [5.74, 6) is -2.52. The standard InChI is InChI=1S/C20H20F2N6O2/c21-12-2-1-10-3-8(12)6-15(29)26-14-5-9-4-11(14)17(16(9)18(23)30)27-19-13(22)7-24-20(25-10)28-19/h1-3,7,9,11,14,16-17H,4-6H2,(H2,23,30)(H,26,29)(H2,24,25,27,28)/t9-,11-,14-,16+,17-/m1/s1. The predicted octanol–water partition coefficient (Wildman–Crippen LogP) is 1.46. The van der Waals surface area contributed by atoms with E-state index in [1.54, 1.807) is 0 Å². The molecule has 2 heterocycles. The van der Waals surface area contributed by atoms with Crippen LogP contribution in [-0.2, 0) is 16.0 Å². The lowest BCUT2D eigenvalue weighted by atomic mass is 9.81. The van der Waals surface area contributed by atoms with Crippen LogP contribution < -0.4 is 21.7 Å². The molecule has 1 aromatic heterocycles. The van der Waals surface area contributed by atoms with E-state index in [0.29, 0.717) is 18.5 Å². The van der Waals surface area contributed by atoms with Gasteiger partial charge in [0.05, 0.1) is 18.5 Å². The predicted molar refractivity (Wildman–Crippen MR) is 104 cm³/mol. The fourth-order valence-electron chi connectivity index (χ4n) is 5.17. The fraction of sp³-hybridized carbons (Fsp3) is 0.400. The molecule has 6 bridgehead atoms. The number of rotatable bonds is 1. The van der Waals surface area contributed by atoms with Crippen molar-refractivity contribution in [3.05, 3.63) is 41.6 Å². The molecule has 5 atom stereocenters. The van der Waals surface area contributed by atoms with Crippen LogP contribution in [0.5, 0.6) is 0 Å². The number of carbonyl (C=O) groups excluding carboxylic acids is 2. The number of primary amides is 1. The van der Waals surface area contributed by atoms with Gasteiger partial charge in [-0.05, 0) is 42.5 Å². The lowest BCUT2D eigenvalue weighted by Gasteiger charge is -2.35. The molecule has 2 saturated carbocycles. The molecule has 2 fully saturated rings. The van der Waals surface area contributed by atoms with Gasteiger partial charge in [0.2, 0.25) is 17.8 Å². The van der Waals surface area contributed by atoms with Crippen molar-refractivity contribution in [2.45, 2.75) is 31.3 Å². The summed E-state index contributed by atoms with van der Waals surface area (Å²) in [6.07, 6.45) is 2.18. The number of nitrogens with two attached hydrogens (primary N) is 1. The Labute approximate surface area is 170 Å². The third-order valence-corrected chi connectivity index (χ3v) is 6.38. The number of fused-ring (bicyclic) bond motifs is 5. The zero-order valence-corrected chi connectivity index (χ0v) is 15.9. The highest BCUT2D eigenvalue weighted by atomic mass is 19.1. The van der Waals surface area contributed by atoms with Crippen LogP contribution in [0.4, 0.5) is 26.2 Å². The van der Waals surface area contributed by atoms with Gasteiger partial charge in [0.1, 0.15) is 5.82 Å². The smallest absolute Gasteiger partial charge is 0.229 e. The lowest BCUT2D eigenvalue weighted by Crippen LogP contribution is -2.52. The third-order valence-electron chi connectivity index (χ3n) is 6.38. The molecule has 0 saturated heterocycles. The first kappa shape index (κ1) is 18.7. The summed E-state index contributed by atoms with van der Waals surface area (Å²) >= 11 is 0. The minimum Gasteiger partial charge on any atom is -0.369 e. The molecule has 1 aromatic carbocycles. The van der Waals surface area contributed by atoms with Gasteiger partial charge >= 0.3 is 0 Å². The minimum atomic E-state index is -0.668. The van der Waals surface area contributed by atoms with E-state index in [4.69, 9.17) is 5.73 Å². The largest absolute Gasteiger partial charge is 0.369 e. The van der Waals surface area contributed by atoms with Crippen LogP contribution in [0.25, 0.3) is 0 Å². The van der Waals surface area contributed by atoms with Crippen molar-refractivity contribution in [1.82, 2.24) is 15.3 Å². The van der Waals surface area contributed by atoms with Crippen molar-refractivity contribution < 1.29 is 18.4 Å². The van der Waals surface area contributed by atoms with Gasteiger partial charge < -0.3 is 21.7 Å². The summed E-state index contributed by atoms with van der Waals surface area (Å²) in [6.45, 7) is 0.